The lowest BCUT2D eigenvalue weighted by molar-refractivity contribution is 0.161. The third-order valence-electron chi connectivity index (χ3n) is 4.01. The van der Waals surface area contributed by atoms with E-state index in [1.54, 1.807) is 7.11 Å². The minimum absolute atomic E-state index is 0.536. The number of nitrogens with zero attached hydrogens (tertiary/aromatic N) is 3. The molecule has 1 atom stereocenters. The van der Waals surface area contributed by atoms with Crippen LogP contribution in [0.1, 0.15) is 36.6 Å². The fraction of sp³-hybridized carbons (Fsp3) is 0.714. The van der Waals surface area contributed by atoms with Gasteiger partial charge in [-0.1, -0.05) is 11.6 Å². The molecule has 0 spiro atoms. The van der Waals surface area contributed by atoms with Crippen molar-refractivity contribution in [3.05, 3.63) is 16.5 Å². The van der Waals surface area contributed by atoms with Gasteiger partial charge in [-0.3, -0.25) is 0 Å². The molecular formula is C14H20ClN3O. The number of hydrogen-bond donors (Lipinski definition) is 0. The molecule has 0 N–H and O–H groups in total. The van der Waals surface area contributed by atoms with Gasteiger partial charge in [-0.05, 0) is 26.2 Å². The van der Waals surface area contributed by atoms with Crippen molar-refractivity contribution in [3.8, 4) is 0 Å². The van der Waals surface area contributed by atoms with Gasteiger partial charge in [-0.15, -0.1) is 0 Å². The average molecular weight is 282 g/mol. The van der Waals surface area contributed by atoms with E-state index in [0.29, 0.717) is 17.0 Å². The summed E-state index contributed by atoms with van der Waals surface area (Å²) in [6, 6.07) is 0. The Morgan fingerprint density at radius 3 is 2.79 bits per heavy atom. The summed E-state index contributed by atoms with van der Waals surface area (Å²) < 4.78 is 5.25. The molecule has 0 aromatic carbocycles. The lowest BCUT2D eigenvalue weighted by atomic mass is 10.1. The van der Waals surface area contributed by atoms with Crippen LogP contribution in [0.2, 0.25) is 5.15 Å². The maximum atomic E-state index is 6.26. The number of rotatable bonds is 4. The van der Waals surface area contributed by atoms with E-state index in [1.807, 2.05) is 6.92 Å². The predicted octanol–water partition coefficient (Wildman–Crippen LogP) is 2.79. The molecule has 0 amide bonds. The van der Waals surface area contributed by atoms with Gasteiger partial charge in [-0.2, -0.15) is 0 Å². The molecule has 3 rings (SSSR count). The molecule has 1 aromatic heterocycles. The summed E-state index contributed by atoms with van der Waals surface area (Å²) in [5, 5.41) is 0.613. The van der Waals surface area contributed by atoms with Crippen molar-refractivity contribution < 1.29 is 4.74 Å². The molecule has 5 heteroatoms. The van der Waals surface area contributed by atoms with Gasteiger partial charge in [0.25, 0.3) is 0 Å². The van der Waals surface area contributed by atoms with Crippen molar-refractivity contribution in [3.63, 3.8) is 0 Å². The lowest BCUT2D eigenvalue weighted by Gasteiger charge is -2.20. The van der Waals surface area contributed by atoms with Crippen LogP contribution < -0.4 is 4.90 Å². The van der Waals surface area contributed by atoms with E-state index < -0.39 is 0 Å². The van der Waals surface area contributed by atoms with Gasteiger partial charge in [0.05, 0.1) is 6.61 Å². The molecule has 2 fully saturated rings. The van der Waals surface area contributed by atoms with Crippen LogP contribution in [-0.2, 0) is 4.74 Å². The molecule has 4 nitrogen and oxygen atoms in total. The maximum Gasteiger partial charge on any atom is 0.137 e. The summed E-state index contributed by atoms with van der Waals surface area (Å²) in [5.41, 5.74) is 1.00. The maximum absolute atomic E-state index is 6.26. The van der Waals surface area contributed by atoms with Crippen LogP contribution in [0.4, 0.5) is 5.82 Å². The minimum atomic E-state index is 0.536. The van der Waals surface area contributed by atoms with Crippen molar-refractivity contribution in [2.24, 2.45) is 5.92 Å². The van der Waals surface area contributed by atoms with Crippen LogP contribution >= 0.6 is 11.6 Å². The Balaban J connectivity index is 1.83. The van der Waals surface area contributed by atoms with Gasteiger partial charge >= 0.3 is 0 Å². The molecule has 0 radical (unpaired) electrons. The number of methoxy groups -OCH3 is 1. The smallest absolute Gasteiger partial charge is 0.137 e. The van der Waals surface area contributed by atoms with Gasteiger partial charge in [0, 0.05) is 37.6 Å². The van der Waals surface area contributed by atoms with Gasteiger partial charge in [-0.25, -0.2) is 9.97 Å². The topological polar surface area (TPSA) is 38.2 Å². The second kappa shape index (κ2) is 5.25. The van der Waals surface area contributed by atoms with Crippen LogP contribution in [0.15, 0.2) is 0 Å². The van der Waals surface area contributed by atoms with Gasteiger partial charge < -0.3 is 9.64 Å². The Morgan fingerprint density at radius 1 is 1.32 bits per heavy atom. The summed E-state index contributed by atoms with van der Waals surface area (Å²) in [5.74, 6) is 3.10. The number of hydrogen-bond acceptors (Lipinski definition) is 4. The van der Waals surface area contributed by atoms with Crippen LogP contribution in [0.3, 0.4) is 0 Å². The van der Waals surface area contributed by atoms with E-state index in [2.05, 4.69) is 9.88 Å². The van der Waals surface area contributed by atoms with Crippen LogP contribution in [-0.4, -0.2) is 36.8 Å². The minimum Gasteiger partial charge on any atom is -0.384 e. The van der Waals surface area contributed by atoms with Gasteiger partial charge in [0.2, 0.25) is 0 Å². The van der Waals surface area contributed by atoms with Gasteiger partial charge in [0.15, 0.2) is 0 Å². The lowest BCUT2D eigenvalue weighted by Crippen LogP contribution is -2.23. The zero-order valence-electron chi connectivity index (χ0n) is 11.5. The van der Waals surface area contributed by atoms with E-state index in [1.165, 1.54) is 12.8 Å². The number of ether oxygens (including phenoxy) is 1. The van der Waals surface area contributed by atoms with E-state index >= 15 is 0 Å². The first-order chi connectivity index (χ1) is 9.19. The summed E-state index contributed by atoms with van der Waals surface area (Å²) in [6.45, 7) is 4.88. The highest BCUT2D eigenvalue weighted by atomic mass is 35.5. The summed E-state index contributed by atoms with van der Waals surface area (Å²) in [7, 11) is 1.76. The monoisotopic (exact) mass is 281 g/mol. The highest BCUT2D eigenvalue weighted by Gasteiger charge is 2.30. The highest BCUT2D eigenvalue weighted by molar-refractivity contribution is 6.30. The fourth-order valence-electron chi connectivity index (χ4n) is 2.72. The molecule has 1 aliphatic heterocycles. The molecular weight excluding hydrogens is 262 g/mol. The molecule has 1 aliphatic carbocycles. The standard InChI is InChI=1S/C14H20ClN3O/c1-9-12(15)16-13(11-3-4-11)17-14(9)18-6-5-10(7-18)8-19-2/h10-11H,3-8H2,1-2H3. The second-order valence-electron chi connectivity index (χ2n) is 5.65. The van der Waals surface area contributed by atoms with E-state index in [0.717, 1.165) is 43.3 Å². The molecule has 2 heterocycles. The zero-order valence-corrected chi connectivity index (χ0v) is 12.3. The first kappa shape index (κ1) is 13.1. The third-order valence-corrected chi connectivity index (χ3v) is 4.38. The Bertz CT molecular complexity index is 476. The Kier molecular flexibility index (Phi) is 3.63. The zero-order chi connectivity index (χ0) is 13.4. The number of halogens is 1. The van der Waals surface area contributed by atoms with E-state index in [9.17, 15) is 0 Å². The normalized spacial score (nSPS) is 23.1. The first-order valence-electron chi connectivity index (χ1n) is 6.97. The highest BCUT2D eigenvalue weighted by Crippen LogP contribution is 2.40. The molecule has 1 saturated heterocycles. The summed E-state index contributed by atoms with van der Waals surface area (Å²) in [6.07, 6.45) is 3.56. The van der Waals surface area contributed by atoms with Crippen molar-refractivity contribution in [2.75, 3.05) is 31.7 Å². The molecule has 0 bridgehead atoms. The molecule has 104 valence electrons. The van der Waals surface area contributed by atoms with Crippen molar-refractivity contribution in [2.45, 2.75) is 32.1 Å². The molecule has 1 unspecified atom stereocenters. The molecule has 19 heavy (non-hydrogen) atoms. The third kappa shape index (κ3) is 2.70. The van der Waals surface area contributed by atoms with E-state index in [-0.39, 0.29) is 0 Å². The first-order valence-corrected chi connectivity index (χ1v) is 7.34. The van der Waals surface area contributed by atoms with E-state index in [4.69, 9.17) is 21.3 Å². The van der Waals surface area contributed by atoms with Gasteiger partial charge in [0.1, 0.15) is 16.8 Å². The largest absolute Gasteiger partial charge is 0.384 e. The fourth-order valence-corrected chi connectivity index (χ4v) is 2.89. The van der Waals surface area contributed by atoms with Crippen molar-refractivity contribution in [1.29, 1.82) is 0 Å². The number of aromatic nitrogens is 2. The van der Waals surface area contributed by atoms with Crippen molar-refractivity contribution in [1.82, 2.24) is 9.97 Å². The van der Waals surface area contributed by atoms with Crippen molar-refractivity contribution >= 4 is 17.4 Å². The summed E-state index contributed by atoms with van der Waals surface area (Å²) in [4.78, 5) is 11.5. The Labute approximate surface area is 119 Å². The Hall–Kier alpha value is -0.870. The molecule has 2 aliphatic rings. The van der Waals surface area contributed by atoms with Crippen LogP contribution in [0.5, 0.6) is 0 Å². The second-order valence-corrected chi connectivity index (χ2v) is 6.01. The molecule has 1 aromatic rings. The quantitative estimate of drug-likeness (QED) is 0.796. The molecule has 1 saturated carbocycles. The summed E-state index contributed by atoms with van der Waals surface area (Å²) >= 11 is 6.26. The number of anilines is 1. The van der Waals surface area contributed by atoms with Crippen LogP contribution in [0, 0.1) is 12.8 Å². The predicted molar refractivity (Wildman–Crippen MR) is 76.0 cm³/mol. The average Bonchev–Trinajstić information content (AvgIpc) is 3.14. The van der Waals surface area contributed by atoms with Crippen LogP contribution in [0.25, 0.3) is 0 Å². The Morgan fingerprint density at radius 2 is 2.11 bits per heavy atom. The SMILES string of the molecule is COCC1CCN(c2nc(C3CC3)nc(Cl)c2C)C1.